The summed E-state index contributed by atoms with van der Waals surface area (Å²) in [5.41, 5.74) is 0.602. The van der Waals surface area contributed by atoms with Crippen LogP contribution >= 0.6 is 0 Å². The van der Waals surface area contributed by atoms with E-state index < -0.39 is 0 Å². The molecule has 1 amide bonds. The molecule has 14 heavy (non-hydrogen) atoms. The van der Waals surface area contributed by atoms with Gasteiger partial charge in [-0.2, -0.15) is 0 Å². The van der Waals surface area contributed by atoms with Crippen molar-refractivity contribution in [3.8, 4) is 0 Å². The molecule has 1 saturated heterocycles. The normalized spacial score (nSPS) is 21.5. The Bertz CT molecular complexity index is 308. The summed E-state index contributed by atoms with van der Waals surface area (Å²) < 4.78 is 0. The van der Waals surface area contributed by atoms with Gasteiger partial charge in [0.15, 0.2) is 0 Å². The van der Waals surface area contributed by atoms with Crippen LogP contribution in [0.15, 0.2) is 18.3 Å². The molecule has 1 fully saturated rings. The van der Waals surface area contributed by atoms with E-state index >= 15 is 0 Å². The van der Waals surface area contributed by atoms with Crippen LogP contribution in [0.4, 0.5) is 0 Å². The molecule has 4 heteroatoms. The van der Waals surface area contributed by atoms with Gasteiger partial charge in [0.1, 0.15) is 5.69 Å². The zero-order chi connectivity index (χ0) is 9.97. The van der Waals surface area contributed by atoms with Crippen LogP contribution in [0.2, 0.25) is 0 Å². The van der Waals surface area contributed by atoms with Gasteiger partial charge in [-0.05, 0) is 25.0 Å². The van der Waals surface area contributed by atoms with Gasteiger partial charge in [0, 0.05) is 12.7 Å². The molecule has 0 unspecified atom stereocenters. The van der Waals surface area contributed by atoms with E-state index in [1.807, 2.05) is 0 Å². The third-order valence-corrected chi connectivity index (χ3v) is 2.68. The first-order chi connectivity index (χ1) is 6.83. The molecular weight excluding hydrogens is 180 g/mol. The minimum atomic E-state index is -0.00782. The van der Waals surface area contributed by atoms with Gasteiger partial charge in [0.2, 0.25) is 0 Å². The van der Waals surface area contributed by atoms with Crippen LogP contribution < -0.4 is 0 Å². The maximum Gasteiger partial charge on any atom is 0.270 e. The smallest absolute Gasteiger partial charge is 0.270 e. The van der Waals surface area contributed by atoms with Crippen LogP contribution in [-0.4, -0.2) is 40.1 Å². The van der Waals surface area contributed by atoms with E-state index in [0.717, 1.165) is 19.4 Å². The number of likely N-dealkylation sites (tertiary alicyclic amines) is 1. The molecule has 2 rings (SSSR count). The van der Waals surface area contributed by atoms with Gasteiger partial charge in [-0.1, -0.05) is 0 Å². The quantitative estimate of drug-likeness (QED) is 0.724. The van der Waals surface area contributed by atoms with E-state index in [4.69, 9.17) is 5.11 Å². The number of aliphatic hydroxyl groups is 1. The lowest BCUT2D eigenvalue weighted by molar-refractivity contribution is 0.0672. The van der Waals surface area contributed by atoms with E-state index in [-0.39, 0.29) is 18.6 Å². The lowest BCUT2D eigenvalue weighted by atomic mass is 10.2. The van der Waals surface area contributed by atoms with Crippen LogP contribution in [0.5, 0.6) is 0 Å². The number of nitrogens with zero attached hydrogens (tertiary/aromatic N) is 1. The molecule has 76 valence electrons. The Morgan fingerprint density at radius 2 is 2.57 bits per heavy atom. The second-order valence-corrected chi connectivity index (χ2v) is 3.56. The lowest BCUT2D eigenvalue weighted by Gasteiger charge is -2.22. The van der Waals surface area contributed by atoms with Gasteiger partial charge in [-0.25, -0.2) is 0 Å². The number of aliphatic hydroxyl groups excluding tert-OH is 1. The first kappa shape index (κ1) is 9.27. The molecular formula is C10H14N2O2. The predicted octanol–water partition coefficient (Wildman–Crippen LogP) is 0.612. The second-order valence-electron chi connectivity index (χ2n) is 3.56. The molecule has 1 aliphatic heterocycles. The summed E-state index contributed by atoms with van der Waals surface area (Å²) in [5.74, 6) is -0.00782. The number of aromatic nitrogens is 1. The van der Waals surface area contributed by atoms with Crippen LogP contribution in [0.1, 0.15) is 23.3 Å². The van der Waals surface area contributed by atoms with Gasteiger partial charge in [-0.15, -0.1) is 0 Å². The largest absolute Gasteiger partial charge is 0.394 e. The number of hydrogen-bond donors (Lipinski definition) is 2. The summed E-state index contributed by atoms with van der Waals surface area (Å²) in [5, 5.41) is 9.08. The summed E-state index contributed by atoms with van der Waals surface area (Å²) in [6.45, 7) is 0.815. The molecule has 0 aromatic carbocycles. The van der Waals surface area contributed by atoms with Crippen molar-refractivity contribution >= 4 is 5.91 Å². The number of aromatic amines is 1. The number of amides is 1. The summed E-state index contributed by atoms with van der Waals surface area (Å²) in [7, 11) is 0. The lowest BCUT2D eigenvalue weighted by Crippen LogP contribution is -2.37. The predicted molar refractivity (Wildman–Crippen MR) is 51.9 cm³/mol. The highest BCUT2D eigenvalue weighted by molar-refractivity contribution is 5.92. The summed E-state index contributed by atoms with van der Waals surface area (Å²) >= 11 is 0. The molecule has 4 nitrogen and oxygen atoms in total. The Kier molecular flexibility index (Phi) is 2.54. The minimum absolute atomic E-state index is 0.00537. The molecule has 0 aliphatic carbocycles. The number of nitrogens with one attached hydrogen (secondary N) is 1. The topological polar surface area (TPSA) is 56.3 Å². The van der Waals surface area contributed by atoms with E-state index in [1.165, 1.54) is 0 Å². The summed E-state index contributed by atoms with van der Waals surface area (Å²) in [6, 6.07) is 3.57. The first-order valence-electron chi connectivity index (χ1n) is 4.88. The van der Waals surface area contributed by atoms with Gasteiger partial charge in [0.25, 0.3) is 5.91 Å². The molecule has 0 bridgehead atoms. The maximum atomic E-state index is 11.9. The molecule has 0 radical (unpaired) electrons. The van der Waals surface area contributed by atoms with E-state index in [9.17, 15) is 4.79 Å². The third-order valence-electron chi connectivity index (χ3n) is 2.68. The fourth-order valence-electron chi connectivity index (χ4n) is 1.91. The van der Waals surface area contributed by atoms with Crippen molar-refractivity contribution in [3.63, 3.8) is 0 Å². The van der Waals surface area contributed by atoms with Crippen molar-refractivity contribution in [2.45, 2.75) is 18.9 Å². The van der Waals surface area contributed by atoms with Gasteiger partial charge < -0.3 is 15.0 Å². The zero-order valence-corrected chi connectivity index (χ0v) is 7.94. The van der Waals surface area contributed by atoms with E-state index in [2.05, 4.69) is 4.98 Å². The number of carbonyl (C=O) groups excluding carboxylic acids is 1. The van der Waals surface area contributed by atoms with Crippen molar-refractivity contribution in [1.82, 2.24) is 9.88 Å². The van der Waals surface area contributed by atoms with Crippen molar-refractivity contribution < 1.29 is 9.90 Å². The maximum absolute atomic E-state index is 11.9. The minimum Gasteiger partial charge on any atom is -0.394 e. The van der Waals surface area contributed by atoms with E-state index in [0.29, 0.717) is 5.69 Å². The second kappa shape index (κ2) is 3.84. The highest BCUT2D eigenvalue weighted by Crippen LogP contribution is 2.18. The Hall–Kier alpha value is -1.29. The summed E-state index contributed by atoms with van der Waals surface area (Å²) in [4.78, 5) is 16.5. The van der Waals surface area contributed by atoms with Crippen LogP contribution in [-0.2, 0) is 0 Å². The Labute approximate surface area is 82.5 Å². The average Bonchev–Trinajstić information content (AvgIpc) is 2.87. The fourth-order valence-corrected chi connectivity index (χ4v) is 1.91. The first-order valence-corrected chi connectivity index (χ1v) is 4.88. The SMILES string of the molecule is O=C(c1ccc[nH]1)N1CCC[C@@H]1CO. The highest BCUT2D eigenvalue weighted by atomic mass is 16.3. The van der Waals surface area contributed by atoms with Crippen molar-refractivity contribution in [1.29, 1.82) is 0 Å². The van der Waals surface area contributed by atoms with Crippen LogP contribution in [0, 0.1) is 0 Å². The number of rotatable bonds is 2. The van der Waals surface area contributed by atoms with E-state index in [1.54, 1.807) is 23.2 Å². The van der Waals surface area contributed by atoms with Crippen LogP contribution in [0.25, 0.3) is 0 Å². The number of hydrogen-bond acceptors (Lipinski definition) is 2. The van der Waals surface area contributed by atoms with Gasteiger partial charge in [-0.3, -0.25) is 4.79 Å². The monoisotopic (exact) mass is 194 g/mol. The van der Waals surface area contributed by atoms with Crippen molar-refractivity contribution in [3.05, 3.63) is 24.0 Å². The zero-order valence-electron chi connectivity index (χ0n) is 7.94. The molecule has 0 spiro atoms. The molecule has 0 saturated carbocycles. The van der Waals surface area contributed by atoms with Crippen molar-refractivity contribution in [2.24, 2.45) is 0 Å². The molecule has 1 atom stereocenters. The molecule has 1 aromatic rings. The van der Waals surface area contributed by atoms with Gasteiger partial charge in [0.05, 0.1) is 12.6 Å². The molecule has 1 aliphatic rings. The Morgan fingerprint density at radius 3 is 3.21 bits per heavy atom. The standard InChI is InChI=1S/C10H14N2O2/c13-7-8-3-2-6-12(8)10(14)9-4-1-5-11-9/h1,4-5,8,11,13H,2-3,6-7H2/t8-/m1/s1. The van der Waals surface area contributed by atoms with Crippen LogP contribution in [0.3, 0.4) is 0 Å². The highest BCUT2D eigenvalue weighted by Gasteiger charge is 2.28. The molecule has 2 heterocycles. The fraction of sp³-hybridized carbons (Fsp3) is 0.500. The molecule has 2 N–H and O–H groups in total. The average molecular weight is 194 g/mol. The summed E-state index contributed by atoms with van der Waals surface area (Å²) in [6.07, 6.45) is 3.62. The number of H-pyrrole nitrogens is 1. The third kappa shape index (κ3) is 1.53. The van der Waals surface area contributed by atoms with Gasteiger partial charge >= 0.3 is 0 Å². The Balaban J connectivity index is 2.11. The molecule has 1 aromatic heterocycles. The Morgan fingerprint density at radius 1 is 1.71 bits per heavy atom. The van der Waals surface area contributed by atoms with Crippen molar-refractivity contribution in [2.75, 3.05) is 13.2 Å². The number of carbonyl (C=O) groups is 1.